The fraction of sp³-hybridized carbons (Fsp3) is 0.368. The summed E-state index contributed by atoms with van der Waals surface area (Å²) in [5.74, 6) is -0.627. The molecule has 0 aliphatic carbocycles. The number of anilines is 1. The first-order valence-corrected chi connectivity index (χ1v) is 11.4. The zero-order valence-corrected chi connectivity index (χ0v) is 18.0. The number of sulfonamides is 1. The average Bonchev–Trinajstić information content (AvgIpc) is 3.03. The first-order chi connectivity index (χ1) is 13.0. The van der Waals surface area contributed by atoms with Gasteiger partial charge in [-0.1, -0.05) is 17.7 Å². The number of amides is 2. The third kappa shape index (κ3) is 6.74. The van der Waals surface area contributed by atoms with E-state index in [9.17, 15) is 18.0 Å². The molecule has 0 unspecified atom stereocenters. The van der Waals surface area contributed by atoms with Gasteiger partial charge < -0.3 is 10.6 Å². The van der Waals surface area contributed by atoms with Crippen LogP contribution in [0.3, 0.4) is 0 Å². The highest BCUT2D eigenvalue weighted by Gasteiger charge is 2.13. The van der Waals surface area contributed by atoms with Crippen LogP contribution in [0.25, 0.3) is 0 Å². The Morgan fingerprint density at radius 1 is 1.07 bits per heavy atom. The second-order valence-electron chi connectivity index (χ2n) is 6.69. The second kappa shape index (κ2) is 9.31. The predicted octanol–water partition coefficient (Wildman–Crippen LogP) is 2.13. The summed E-state index contributed by atoms with van der Waals surface area (Å²) in [5, 5.41) is 5.46. The van der Waals surface area contributed by atoms with Crippen molar-refractivity contribution in [3.05, 3.63) is 50.7 Å². The summed E-state index contributed by atoms with van der Waals surface area (Å²) >= 11 is 1.28. The molecule has 0 bridgehead atoms. The van der Waals surface area contributed by atoms with E-state index in [0.717, 1.165) is 33.5 Å². The van der Waals surface area contributed by atoms with E-state index in [4.69, 9.17) is 0 Å². The molecule has 152 valence electrons. The third-order valence-electron chi connectivity index (χ3n) is 3.97. The molecule has 0 radical (unpaired) electrons. The van der Waals surface area contributed by atoms with Gasteiger partial charge in [0.2, 0.25) is 15.9 Å². The molecule has 28 heavy (non-hydrogen) atoms. The van der Waals surface area contributed by atoms with Gasteiger partial charge in [-0.25, -0.2) is 13.1 Å². The number of hydrogen-bond donors (Lipinski definition) is 3. The lowest BCUT2D eigenvalue weighted by Crippen LogP contribution is -2.32. The lowest BCUT2D eigenvalue weighted by atomic mass is 10.1. The van der Waals surface area contributed by atoms with Crippen LogP contribution in [-0.2, 0) is 21.2 Å². The van der Waals surface area contributed by atoms with Crippen molar-refractivity contribution < 1.29 is 18.0 Å². The normalized spacial score (nSPS) is 11.3. The molecule has 0 saturated carbocycles. The van der Waals surface area contributed by atoms with Crippen LogP contribution in [0.15, 0.2) is 24.3 Å². The van der Waals surface area contributed by atoms with E-state index in [2.05, 4.69) is 15.4 Å². The largest absolute Gasteiger partial charge is 0.342 e. The number of nitrogens with one attached hydrogen (secondary N) is 3. The van der Waals surface area contributed by atoms with Crippen molar-refractivity contribution in [3.8, 4) is 0 Å². The molecule has 0 fully saturated rings. The van der Waals surface area contributed by atoms with Crippen LogP contribution in [0.4, 0.5) is 5.69 Å². The molecular weight excluding hydrogens is 398 g/mol. The van der Waals surface area contributed by atoms with Crippen molar-refractivity contribution in [2.75, 3.05) is 24.7 Å². The number of carbonyl (C=O) groups excluding carboxylic acids is 2. The van der Waals surface area contributed by atoms with Crippen molar-refractivity contribution in [1.29, 1.82) is 0 Å². The fourth-order valence-corrected chi connectivity index (χ4v) is 4.20. The highest BCUT2D eigenvalue weighted by Crippen LogP contribution is 2.21. The minimum atomic E-state index is -3.23. The minimum Gasteiger partial charge on any atom is -0.342 e. The molecule has 7 nitrogen and oxygen atoms in total. The van der Waals surface area contributed by atoms with Gasteiger partial charge in [0.25, 0.3) is 5.91 Å². The quantitative estimate of drug-likeness (QED) is 0.605. The maximum Gasteiger partial charge on any atom is 0.261 e. The SMILES string of the molecule is Cc1cc(C)c(NC(=O)CNC(=O)c2ccc(CCNS(C)(=O)=O)s2)c(C)c1. The summed E-state index contributed by atoms with van der Waals surface area (Å²) < 4.78 is 24.5. The van der Waals surface area contributed by atoms with Crippen LogP contribution in [0, 0.1) is 20.8 Å². The summed E-state index contributed by atoms with van der Waals surface area (Å²) in [6.45, 7) is 6.00. The maximum atomic E-state index is 12.2. The minimum absolute atomic E-state index is 0.130. The van der Waals surface area contributed by atoms with Crippen LogP contribution in [0.2, 0.25) is 0 Å². The highest BCUT2D eigenvalue weighted by molar-refractivity contribution is 7.88. The van der Waals surface area contributed by atoms with Crippen LogP contribution >= 0.6 is 11.3 Å². The summed E-state index contributed by atoms with van der Waals surface area (Å²) in [6.07, 6.45) is 1.60. The molecule has 0 spiro atoms. The number of hydrogen-bond acceptors (Lipinski definition) is 5. The monoisotopic (exact) mass is 423 g/mol. The van der Waals surface area contributed by atoms with Gasteiger partial charge in [-0.05, 0) is 50.5 Å². The first kappa shape index (κ1) is 22.1. The molecule has 9 heteroatoms. The smallest absolute Gasteiger partial charge is 0.261 e. The Hall–Kier alpha value is -2.23. The molecule has 0 aliphatic heterocycles. The van der Waals surface area contributed by atoms with Gasteiger partial charge >= 0.3 is 0 Å². The summed E-state index contributed by atoms with van der Waals surface area (Å²) in [4.78, 5) is 25.8. The van der Waals surface area contributed by atoms with Crippen LogP contribution in [0.5, 0.6) is 0 Å². The van der Waals surface area contributed by atoms with Crippen molar-refractivity contribution in [2.24, 2.45) is 0 Å². The number of thiophene rings is 1. The summed E-state index contributed by atoms with van der Waals surface area (Å²) in [5.41, 5.74) is 3.84. The van der Waals surface area contributed by atoms with E-state index >= 15 is 0 Å². The number of rotatable bonds is 8. The fourth-order valence-electron chi connectivity index (χ4n) is 2.80. The standard InChI is InChI=1S/C19H25N3O4S2/c1-12-9-13(2)18(14(3)10-12)22-17(23)11-20-19(24)16-6-5-15(27-16)7-8-21-28(4,25)26/h5-6,9-10,21H,7-8,11H2,1-4H3,(H,20,24)(H,22,23). The van der Waals surface area contributed by atoms with E-state index in [0.29, 0.717) is 11.3 Å². The molecule has 1 heterocycles. The highest BCUT2D eigenvalue weighted by atomic mass is 32.2. The summed E-state index contributed by atoms with van der Waals surface area (Å²) in [6, 6.07) is 7.44. The van der Waals surface area contributed by atoms with Crippen molar-refractivity contribution in [1.82, 2.24) is 10.0 Å². The topological polar surface area (TPSA) is 104 Å². The molecule has 0 aliphatic rings. The Balaban J connectivity index is 1.86. The Morgan fingerprint density at radius 2 is 1.71 bits per heavy atom. The van der Waals surface area contributed by atoms with Gasteiger partial charge in [-0.15, -0.1) is 11.3 Å². The van der Waals surface area contributed by atoms with Gasteiger partial charge in [0.15, 0.2) is 0 Å². The van der Waals surface area contributed by atoms with Crippen molar-refractivity contribution in [3.63, 3.8) is 0 Å². The molecule has 2 rings (SSSR count). The molecular formula is C19H25N3O4S2. The Bertz CT molecular complexity index is 958. The van der Waals surface area contributed by atoms with Gasteiger partial charge in [-0.2, -0.15) is 0 Å². The zero-order valence-electron chi connectivity index (χ0n) is 16.4. The lowest BCUT2D eigenvalue weighted by molar-refractivity contribution is -0.115. The van der Waals surface area contributed by atoms with E-state index in [1.165, 1.54) is 11.3 Å². The van der Waals surface area contributed by atoms with Crippen molar-refractivity contribution in [2.45, 2.75) is 27.2 Å². The van der Waals surface area contributed by atoms with E-state index in [-0.39, 0.29) is 24.9 Å². The van der Waals surface area contributed by atoms with E-state index in [1.807, 2.05) is 32.9 Å². The van der Waals surface area contributed by atoms with Gasteiger partial charge in [-0.3, -0.25) is 9.59 Å². The Morgan fingerprint density at radius 3 is 2.32 bits per heavy atom. The maximum absolute atomic E-state index is 12.2. The van der Waals surface area contributed by atoms with Crippen molar-refractivity contribution >= 4 is 38.9 Å². The van der Waals surface area contributed by atoms with Crippen LogP contribution in [-0.4, -0.2) is 39.6 Å². The Kier molecular flexibility index (Phi) is 7.34. The van der Waals surface area contributed by atoms with Crippen LogP contribution < -0.4 is 15.4 Å². The molecule has 3 N–H and O–H groups in total. The van der Waals surface area contributed by atoms with Gasteiger partial charge in [0.05, 0.1) is 17.7 Å². The molecule has 2 amide bonds. The molecule has 2 aromatic rings. The second-order valence-corrected chi connectivity index (χ2v) is 9.69. The van der Waals surface area contributed by atoms with Crippen LogP contribution in [0.1, 0.15) is 31.2 Å². The number of benzene rings is 1. The van der Waals surface area contributed by atoms with E-state index < -0.39 is 10.0 Å². The van der Waals surface area contributed by atoms with E-state index in [1.54, 1.807) is 12.1 Å². The Labute approximate surface area is 169 Å². The first-order valence-electron chi connectivity index (χ1n) is 8.74. The summed E-state index contributed by atoms with van der Waals surface area (Å²) in [7, 11) is -3.23. The zero-order chi connectivity index (χ0) is 20.9. The molecule has 1 aromatic heterocycles. The molecule has 0 atom stereocenters. The predicted molar refractivity (Wildman–Crippen MR) is 112 cm³/mol. The number of aryl methyl sites for hydroxylation is 3. The molecule has 0 saturated heterocycles. The van der Waals surface area contributed by atoms with Gasteiger partial charge in [0.1, 0.15) is 0 Å². The third-order valence-corrected chi connectivity index (χ3v) is 5.84. The molecule has 1 aromatic carbocycles. The average molecular weight is 424 g/mol. The van der Waals surface area contributed by atoms with Gasteiger partial charge in [0, 0.05) is 17.1 Å². The number of carbonyl (C=O) groups is 2. The lowest BCUT2D eigenvalue weighted by Gasteiger charge is -2.13.